The van der Waals surface area contributed by atoms with E-state index in [4.69, 9.17) is 4.74 Å². The van der Waals surface area contributed by atoms with E-state index in [9.17, 15) is 0 Å². The molecule has 102 valence electrons. The Morgan fingerprint density at radius 2 is 2.00 bits per heavy atom. The summed E-state index contributed by atoms with van der Waals surface area (Å²) in [6.07, 6.45) is 1.94. The number of aromatic nitrogens is 2. The molecule has 1 aromatic heterocycles. The Morgan fingerprint density at radius 1 is 1.28 bits per heavy atom. The van der Waals surface area contributed by atoms with Crippen molar-refractivity contribution in [2.75, 3.05) is 18.5 Å². The second-order valence-electron chi connectivity index (χ2n) is 4.66. The van der Waals surface area contributed by atoms with Gasteiger partial charge >= 0.3 is 0 Å². The highest BCUT2D eigenvalue weighted by atomic mass is 16.5. The molecule has 0 aliphatic rings. The van der Waals surface area contributed by atoms with Crippen LogP contribution in [0.2, 0.25) is 0 Å². The highest BCUT2D eigenvalue weighted by Gasteiger charge is 2.28. The first-order valence-electron chi connectivity index (χ1n) is 6.79. The van der Waals surface area contributed by atoms with Crippen LogP contribution in [0.15, 0.2) is 6.07 Å². The summed E-state index contributed by atoms with van der Waals surface area (Å²) in [6.45, 7) is 11.9. The van der Waals surface area contributed by atoms with Crippen LogP contribution in [0.3, 0.4) is 0 Å². The third-order valence-corrected chi connectivity index (χ3v) is 3.02. The minimum Gasteiger partial charge on any atom is -0.370 e. The van der Waals surface area contributed by atoms with Crippen molar-refractivity contribution in [3.63, 3.8) is 0 Å². The lowest BCUT2D eigenvalue weighted by atomic mass is 10.0. The van der Waals surface area contributed by atoms with Crippen molar-refractivity contribution in [1.29, 1.82) is 0 Å². The number of anilines is 1. The van der Waals surface area contributed by atoms with Crippen LogP contribution in [-0.4, -0.2) is 23.1 Å². The zero-order valence-corrected chi connectivity index (χ0v) is 12.2. The predicted molar refractivity (Wildman–Crippen MR) is 74.8 cm³/mol. The van der Waals surface area contributed by atoms with Crippen molar-refractivity contribution in [2.24, 2.45) is 0 Å². The van der Waals surface area contributed by atoms with Crippen LogP contribution in [0, 0.1) is 6.92 Å². The summed E-state index contributed by atoms with van der Waals surface area (Å²) in [4.78, 5) is 9.11. The van der Waals surface area contributed by atoms with Crippen LogP contribution in [0.1, 0.15) is 52.1 Å². The molecule has 1 N–H and O–H groups in total. The van der Waals surface area contributed by atoms with Gasteiger partial charge in [0.05, 0.1) is 0 Å². The Morgan fingerprint density at radius 3 is 2.56 bits per heavy atom. The standard InChI is InChI=1S/C14H25N3O/c1-6-9-15-12-10-11(4)16-13(17-12)14(5,7-2)18-8-3/h10H,6-9H2,1-5H3,(H,15,16,17). The molecule has 1 unspecified atom stereocenters. The van der Waals surface area contributed by atoms with Gasteiger partial charge in [-0.1, -0.05) is 13.8 Å². The Kier molecular flexibility index (Phi) is 5.54. The lowest BCUT2D eigenvalue weighted by Crippen LogP contribution is -2.28. The summed E-state index contributed by atoms with van der Waals surface area (Å²) in [5.41, 5.74) is 0.571. The molecule has 0 aliphatic carbocycles. The second-order valence-corrected chi connectivity index (χ2v) is 4.66. The first-order valence-corrected chi connectivity index (χ1v) is 6.79. The number of hydrogen-bond acceptors (Lipinski definition) is 4. The highest BCUT2D eigenvalue weighted by Crippen LogP contribution is 2.27. The number of hydrogen-bond donors (Lipinski definition) is 1. The van der Waals surface area contributed by atoms with E-state index in [1.807, 2.05) is 19.9 Å². The molecule has 1 atom stereocenters. The van der Waals surface area contributed by atoms with E-state index in [2.05, 4.69) is 36.1 Å². The topological polar surface area (TPSA) is 47.0 Å². The molecule has 0 fully saturated rings. The van der Waals surface area contributed by atoms with E-state index in [0.29, 0.717) is 6.61 Å². The minimum absolute atomic E-state index is 0.399. The SMILES string of the molecule is CCCNc1cc(C)nc(C(C)(CC)OCC)n1. The van der Waals surface area contributed by atoms with Crippen LogP contribution in [-0.2, 0) is 10.3 Å². The fourth-order valence-corrected chi connectivity index (χ4v) is 1.79. The lowest BCUT2D eigenvalue weighted by Gasteiger charge is -2.27. The van der Waals surface area contributed by atoms with Crippen LogP contribution in [0.25, 0.3) is 0 Å². The van der Waals surface area contributed by atoms with E-state index in [1.165, 1.54) is 0 Å². The molecule has 4 nitrogen and oxygen atoms in total. The smallest absolute Gasteiger partial charge is 0.162 e. The van der Waals surface area contributed by atoms with Gasteiger partial charge in [-0.15, -0.1) is 0 Å². The van der Waals surface area contributed by atoms with Gasteiger partial charge in [-0.05, 0) is 33.6 Å². The van der Waals surface area contributed by atoms with Crippen LogP contribution < -0.4 is 5.32 Å². The highest BCUT2D eigenvalue weighted by molar-refractivity contribution is 5.36. The van der Waals surface area contributed by atoms with Gasteiger partial charge in [0, 0.05) is 24.9 Å². The van der Waals surface area contributed by atoms with Crippen molar-refractivity contribution in [1.82, 2.24) is 9.97 Å². The number of nitrogens with zero attached hydrogens (tertiary/aromatic N) is 2. The summed E-state index contributed by atoms with van der Waals surface area (Å²) >= 11 is 0. The fourth-order valence-electron chi connectivity index (χ4n) is 1.79. The molecule has 0 saturated heterocycles. The van der Waals surface area contributed by atoms with Gasteiger partial charge in [-0.2, -0.15) is 0 Å². The molecular formula is C14H25N3O. The van der Waals surface area contributed by atoms with Crippen LogP contribution in [0.4, 0.5) is 5.82 Å². The zero-order valence-electron chi connectivity index (χ0n) is 12.2. The van der Waals surface area contributed by atoms with E-state index < -0.39 is 5.60 Å². The molecule has 1 rings (SSSR count). The maximum Gasteiger partial charge on any atom is 0.162 e. The summed E-state index contributed by atoms with van der Waals surface area (Å²) in [5.74, 6) is 1.66. The molecule has 0 aliphatic heterocycles. The van der Waals surface area contributed by atoms with Gasteiger partial charge in [0.1, 0.15) is 11.4 Å². The van der Waals surface area contributed by atoms with E-state index in [0.717, 1.165) is 36.7 Å². The first kappa shape index (κ1) is 14.9. The molecule has 0 amide bonds. The third-order valence-electron chi connectivity index (χ3n) is 3.02. The summed E-state index contributed by atoms with van der Waals surface area (Å²) in [5, 5.41) is 3.31. The third kappa shape index (κ3) is 3.67. The van der Waals surface area contributed by atoms with Gasteiger partial charge in [0.25, 0.3) is 0 Å². The molecule has 1 aromatic rings. The fraction of sp³-hybridized carbons (Fsp3) is 0.714. The zero-order chi connectivity index (χ0) is 13.6. The maximum atomic E-state index is 5.83. The molecule has 0 saturated carbocycles. The molecule has 0 radical (unpaired) electrons. The number of nitrogens with one attached hydrogen (secondary N) is 1. The Hall–Kier alpha value is -1.16. The van der Waals surface area contributed by atoms with E-state index in [1.54, 1.807) is 0 Å². The van der Waals surface area contributed by atoms with E-state index in [-0.39, 0.29) is 0 Å². The second kappa shape index (κ2) is 6.69. The normalized spacial score (nSPS) is 14.3. The summed E-state index contributed by atoms with van der Waals surface area (Å²) in [6, 6.07) is 1.97. The molecule has 0 bridgehead atoms. The monoisotopic (exact) mass is 251 g/mol. The molecular weight excluding hydrogens is 226 g/mol. The summed E-state index contributed by atoms with van der Waals surface area (Å²) in [7, 11) is 0. The Balaban J connectivity index is 3.03. The molecule has 4 heteroatoms. The lowest BCUT2D eigenvalue weighted by molar-refractivity contribution is -0.0390. The first-order chi connectivity index (χ1) is 8.55. The van der Waals surface area contributed by atoms with Gasteiger partial charge in [0.2, 0.25) is 0 Å². The summed E-state index contributed by atoms with van der Waals surface area (Å²) < 4.78 is 5.83. The van der Waals surface area contributed by atoms with Gasteiger partial charge in [-0.25, -0.2) is 9.97 Å². The number of rotatable bonds is 7. The molecule has 0 aromatic carbocycles. The Labute approximate surface area is 110 Å². The average molecular weight is 251 g/mol. The van der Waals surface area contributed by atoms with Gasteiger partial charge in [-0.3, -0.25) is 0 Å². The van der Waals surface area contributed by atoms with Crippen molar-refractivity contribution in [3.8, 4) is 0 Å². The Bertz CT molecular complexity index is 381. The molecule has 0 spiro atoms. The van der Waals surface area contributed by atoms with Crippen molar-refractivity contribution in [2.45, 2.75) is 53.1 Å². The van der Waals surface area contributed by atoms with Gasteiger partial charge in [0.15, 0.2) is 5.82 Å². The van der Waals surface area contributed by atoms with Crippen LogP contribution in [0.5, 0.6) is 0 Å². The quantitative estimate of drug-likeness (QED) is 0.808. The number of aryl methyl sites for hydroxylation is 1. The van der Waals surface area contributed by atoms with Crippen molar-refractivity contribution in [3.05, 3.63) is 17.6 Å². The molecule has 1 heterocycles. The van der Waals surface area contributed by atoms with Crippen molar-refractivity contribution < 1.29 is 4.74 Å². The van der Waals surface area contributed by atoms with Gasteiger partial charge < -0.3 is 10.1 Å². The largest absolute Gasteiger partial charge is 0.370 e. The maximum absolute atomic E-state index is 5.83. The predicted octanol–water partition coefficient (Wildman–Crippen LogP) is 3.27. The molecule has 18 heavy (non-hydrogen) atoms. The van der Waals surface area contributed by atoms with Crippen LogP contribution >= 0.6 is 0 Å². The minimum atomic E-state index is -0.399. The van der Waals surface area contributed by atoms with Crippen molar-refractivity contribution >= 4 is 5.82 Å². The number of ether oxygens (including phenoxy) is 1. The van der Waals surface area contributed by atoms with E-state index >= 15 is 0 Å². The average Bonchev–Trinajstić information content (AvgIpc) is 2.36.